The first kappa shape index (κ1) is 15.9. The fourth-order valence-electron chi connectivity index (χ4n) is 0. The van der Waals surface area contributed by atoms with Crippen molar-refractivity contribution in [3.05, 3.63) is 0 Å². The molecule has 0 saturated heterocycles. The van der Waals surface area contributed by atoms with Gasteiger partial charge < -0.3 is 6.15 Å². The molecule has 0 aromatic rings. The molecule has 0 radical (unpaired) electrons. The van der Waals surface area contributed by atoms with E-state index < -0.39 is 6.43 Å². The van der Waals surface area contributed by atoms with Crippen LogP contribution in [0.2, 0.25) is 0 Å². The van der Waals surface area contributed by atoms with E-state index in [2.05, 4.69) is 0 Å². The largest absolute Gasteiger partial charge is 0.559 e. The van der Waals surface area contributed by atoms with Gasteiger partial charge in [-0.1, -0.05) is 7.43 Å². The number of rotatable bonds is 0. The van der Waals surface area contributed by atoms with Crippen LogP contribution in [0.15, 0.2) is 0 Å². The summed E-state index contributed by atoms with van der Waals surface area (Å²) in [7, 11) is 0. The standard InChI is InChI=1S/CF4.CH4.H3N/c2-1(3,4)5;;/h;1H4;1H3. The Morgan fingerprint density at radius 3 is 0.857 bits per heavy atom. The van der Waals surface area contributed by atoms with Gasteiger partial charge in [-0.05, 0) is 0 Å². The number of hydrogen-bond donors (Lipinski definition) is 1. The Labute approximate surface area is 38.9 Å². The summed E-state index contributed by atoms with van der Waals surface area (Å²) < 4.78 is 38.8. The topological polar surface area (TPSA) is 35.0 Å². The maximum atomic E-state index is 9.69. The predicted molar refractivity (Wildman–Crippen MR) is 18.9 cm³/mol. The highest BCUT2D eigenvalue weighted by molar-refractivity contribution is 4.08. The van der Waals surface area contributed by atoms with Crippen molar-refractivity contribution < 1.29 is 17.6 Å². The Bertz CT molecular complexity index is 25.2. The van der Waals surface area contributed by atoms with Crippen LogP contribution in [0.4, 0.5) is 17.6 Å². The molecule has 5 heteroatoms. The van der Waals surface area contributed by atoms with E-state index >= 15 is 0 Å². The zero-order valence-electron chi connectivity index (χ0n) is 2.72. The van der Waals surface area contributed by atoms with Crippen LogP contribution in [0, 0.1) is 0 Å². The van der Waals surface area contributed by atoms with Gasteiger partial charge in [-0.15, -0.1) is 17.6 Å². The van der Waals surface area contributed by atoms with E-state index in [4.69, 9.17) is 0 Å². The Kier molecular flexibility index (Phi) is 8.77. The van der Waals surface area contributed by atoms with Crippen molar-refractivity contribution in [3.8, 4) is 0 Å². The fourth-order valence-corrected chi connectivity index (χ4v) is 0. The second-order valence-corrected chi connectivity index (χ2v) is 0.429. The van der Waals surface area contributed by atoms with E-state index in [1.54, 1.807) is 0 Å². The van der Waals surface area contributed by atoms with Crippen LogP contribution in [0.3, 0.4) is 0 Å². The Hall–Kier alpha value is -0.320. The van der Waals surface area contributed by atoms with Crippen LogP contribution >= 0.6 is 0 Å². The molecular weight excluding hydrogens is 114 g/mol. The summed E-state index contributed by atoms with van der Waals surface area (Å²) in [5, 5.41) is 0. The lowest BCUT2D eigenvalue weighted by Gasteiger charge is -1.82. The van der Waals surface area contributed by atoms with E-state index in [1.165, 1.54) is 0 Å². The van der Waals surface area contributed by atoms with Crippen LogP contribution in [-0.2, 0) is 0 Å². The molecule has 1 nitrogen and oxygen atoms in total. The van der Waals surface area contributed by atoms with Crippen molar-refractivity contribution in [3.63, 3.8) is 0 Å². The van der Waals surface area contributed by atoms with Gasteiger partial charge in [0.05, 0.1) is 0 Å². The molecule has 0 aliphatic carbocycles. The molecule has 0 rings (SSSR count). The number of halogens is 4. The van der Waals surface area contributed by atoms with Gasteiger partial charge in [0, 0.05) is 0 Å². The molecule has 48 valence electrons. The number of alkyl halides is 4. The summed E-state index contributed by atoms with van der Waals surface area (Å²) in [4.78, 5) is 0. The zero-order valence-corrected chi connectivity index (χ0v) is 2.72. The monoisotopic (exact) mass is 121 g/mol. The van der Waals surface area contributed by atoms with Crippen LogP contribution in [0.1, 0.15) is 7.43 Å². The van der Waals surface area contributed by atoms with Crippen molar-refractivity contribution in [2.75, 3.05) is 0 Å². The van der Waals surface area contributed by atoms with Crippen molar-refractivity contribution >= 4 is 0 Å². The lowest BCUT2D eigenvalue weighted by molar-refractivity contribution is -0.237. The summed E-state index contributed by atoms with van der Waals surface area (Å²) in [6, 6.07) is 0. The molecule has 0 atom stereocenters. The third-order valence-electron chi connectivity index (χ3n) is 0. The van der Waals surface area contributed by atoms with Gasteiger partial charge in [-0.3, -0.25) is 0 Å². The third kappa shape index (κ3) is 751. The van der Waals surface area contributed by atoms with E-state index in [0.717, 1.165) is 0 Å². The van der Waals surface area contributed by atoms with Crippen molar-refractivity contribution in [2.45, 2.75) is 13.9 Å². The summed E-state index contributed by atoms with van der Waals surface area (Å²) >= 11 is 0. The van der Waals surface area contributed by atoms with Crippen molar-refractivity contribution in [2.24, 2.45) is 0 Å². The lowest BCUT2D eigenvalue weighted by Crippen LogP contribution is -1.92. The molecule has 7 heavy (non-hydrogen) atoms. The normalized spacial score (nSPS) is 8.57. The quantitative estimate of drug-likeness (QED) is 0.490. The van der Waals surface area contributed by atoms with Gasteiger partial charge >= 0.3 is 6.43 Å². The molecule has 3 N–H and O–H groups in total. The first-order chi connectivity index (χ1) is 2.00. The predicted octanol–water partition coefficient (Wildman–Crippen LogP) is 2.27. The van der Waals surface area contributed by atoms with Gasteiger partial charge in [0.15, 0.2) is 0 Å². The SMILES string of the molecule is C.FC(F)(F)F.N. The second-order valence-electron chi connectivity index (χ2n) is 0.429. The van der Waals surface area contributed by atoms with Crippen LogP contribution in [-0.4, -0.2) is 6.43 Å². The molecule has 0 saturated carbocycles. The zero-order chi connectivity index (χ0) is 4.50. The minimum absolute atomic E-state index is 0. The lowest BCUT2D eigenvalue weighted by atomic mass is 11.5. The summed E-state index contributed by atoms with van der Waals surface area (Å²) in [5.74, 6) is 0. The average Bonchev–Trinajstić information content (AvgIpc) is 0.722. The second kappa shape index (κ2) is 3.86. The Balaban J connectivity index is -0.0000000800. The smallest absolute Gasteiger partial charge is 0.344 e. The molecule has 0 unspecified atom stereocenters. The van der Waals surface area contributed by atoms with E-state index in [1.807, 2.05) is 0 Å². The molecule has 0 aromatic heterocycles. The molecule has 0 heterocycles. The van der Waals surface area contributed by atoms with Crippen LogP contribution < -0.4 is 6.15 Å². The molecule has 0 bridgehead atoms. The highest BCUT2D eigenvalue weighted by Gasteiger charge is 2.24. The summed E-state index contributed by atoms with van der Waals surface area (Å²) in [5.41, 5.74) is 0. The van der Waals surface area contributed by atoms with Crippen molar-refractivity contribution in [1.29, 1.82) is 0 Å². The summed E-state index contributed by atoms with van der Waals surface area (Å²) in [6.07, 6.45) is -5.50. The molecule has 0 fully saturated rings. The van der Waals surface area contributed by atoms with Gasteiger partial charge in [0.25, 0.3) is 0 Å². The molecule has 0 spiro atoms. The Morgan fingerprint density at radius 1 is 0.857 bits per heavy atom. The van der Waals surface area contributed by atoms with E-state index in [9.17, 15) is 17.6 Å². The highest BCUT2D eigenvalue weighted by Crippen LogP contribution is 2.13. The molecule has 0 aromatic carbocycles. The molecular formula is C2H7F4N. The van der Waals surface area contributed by atoms with Crippen LogP contribution in [0.25, 0.3) is 0 Å². The van der Waals surface area contributed by atoms with Gasteiger partial charge in [0.1, 0.15) is 0 Å². The molecule has 0 aliphatic rings. The fraction of sp³-hybridized carbons (Fsp3) is 1.00. The molecule has 0 aliphatic heterocycles. The Morgan fingerprint density at radius 2 is 0.857 bits per heavy atom. The third-order valence-corrected chi connectivity index (χ3v) is 0. The minimum Gasteiger partial charge on any atom is -0.344 e. The number of hydrogen-bond acceptors (Lipinski definition) is 1. The maximum Gasteiger partial charge on any atom is 0.559 e. The molecule has 0 amide bonds. The van der Waals surface area contributed by atoms with Gasteiger partial charge in [-0.25, -0.2) is 0 Å². The van der Waals surface area contributed by atoms with Crippen molar-refractivity contribution in [1.82, 2.24) is 6.15 Å². The van der Waals surface area contributed by atoms with E-state index in [-0.39, 0.29) is 13.6 Å². The van der Waals surface area contributed by atoms with Gasteiger partial charge in [0.2, 0.25) is 0 Å². The minimum atomic E-state index is -5.50. The van der Waals surface area contributed by atoms with Crippen LogP contribution in [0.5, 0.6) is 0 Å². The first-order valence-electron chi connectivity index (χ1n) is 0.756. The van der Waals surface area contributed by atoms with E-state index in [0.29, 0.717) is 0 Å². The average molecular weight is 121 g/mol. The van der Waals surface area contributed by atoms with Gasteiger partial charge in [-0.2, -0.15) is 0 Å². The first-order valence-corrected chi connectivity index (χ1v) is 0.756. The summed E-state index contributed by atoms with van der Waals surface area (Å²) in [6.45, 7) is 0. The maximum absolute atomic E-state index is 9.69. The highest BCUT2D eigenvalue weighted by atomic mass is 19.5.